The van der Waals surface area contributed by atoms with Crippen LogP contribution in [0.4, 0.5) is 10.2 Å². The first-order chi connectivity index (χ1) is 8.75. The molecule has 5 heteroatoms. The number of pyridine rings is 3. The lowest BCUT2D eigenvalue weighted by atomic mass is 10.0. The molecule has 3 rings (SSSR count). The fourth-order valence-corrected chi connectivity index (χ4v) is 1.88. The highest BCUT2D eigenvalue weighted by atomic mass is 19.1. The van der Waals surface area contributed by atoms with E-state index in [1.54, 1.807) is 24.7 Å². The SMILES string of the molecule is Nc1ncc(-c2cncc(F)c2)c2cccnc12. The van der Waals surface area contributed by atoms with Crippen molar-refractivity contribution in [1.29, 1.82) is 0 Å². The number of rotatable bonds is 1. The maximum absolute atomic E-state index is 13.2. The Morgan fingerprint density at radius 1 is 1.11 bits per heavy atom. The molecule has 0 bridgehead atoms. The second-order valence-corrected chi connectivity index (χ2v) is 3.85. The molecule has 0 saturated heterocycles. The first-order valence-corrected chi connectivity index (χ1v) is 5.36. The normalized spacial score (nSPS) is 10.7. The van der Waals surface area contributed by atoms with Crippen LogP contribution in [-0.2, 0) is 0 Å². The average Bonchev–Trinajstić information content (AvgIpc) is 2.39. The summed E-state index contributed by atoms with van der Waals surface area (Å²) in [6.45, 7) is 0. The molecular weight excluding hydrogens is 231 g/mol. The molecule has 2 N–H and O–H groups in total. The summed E-state index contributed by atoms with van der Waals surface area (Å²) >= 11 is 0. The fraction of sp³-hybridized carbons (Fsp3) is 0. The molecule has 18 heavy (non-hydrogen) atoms. The van der Waals surface area contributed by atoms with Gasteiger partial charge in [-0.3, -0.25) is 9.97 Å². The van der Waals surface area contributed by atoms with Gasteiger partial charge in [-0.05, 0) is 12.1 Å². The fourth-order valence-electron chi connectivity index (χ4n) is 1.88. The Hall–Kier alpha value is -2.56. The molecule has 0 saturated carbocycles. The van der Waals surface area contributed by atoms with E-state index in [9.17, 15) is 4.39 Å². The zero-order valence-electron chi connectivity index (χ0n) is 9.34. The monoisotopic (exact) mass is 240 g/mol. The van der Waals surface area contributed by atoms with Crippen LogP contribution in [0.15, 0.2) is 43.0 Å². The molecule has 88 valence electrons. The quantitative estimate of drug-likeness (QED) is 0.709. The number of aromatic nitrogens is 3. The predicted molar refractivity (Wildman–Crippen MR) is 67.1 cm³/mol. The van der Waals surface area contributed by atoms with Gasteiger partial charge >= 0.3 is 0 Å². The number of fused-ring (bicyclic) bond motifs is 1. The Morgan fingerprint density at radius 3 is 2.83 bits per heavy atom. The Morgan fingerprint density at radius 2 is 2.00 bits per heavy atom. The highest BCUT2D eigenvalue weighted by Gasteiger charge is 2.08. The van der Waals surface area contributed by atoms with E-state index in [0.717, 1.165) is 17.1 Å². The predicted octanol–water partition coefficient (Wildman–Crippen LogP) is 2.41. The first kappa shape index (κ1) is 10.6. The van der Waals surface area contributed by atoms with Crippen molar-refractivity contribution in [2.45, 2.75) is 0 Å². The van der Waals surface area contributed by atoms with Crippen molar-refractivity contribution in [3.63, 3.8) is 0 Å². The zero-order chi connectivity index (χ0) is 12.5. The second-order valence-electron chi connectivity index (χ2n) is 3.85. The van der Waals surface area contributed by atoms with Crippen LogP contribution in [-0.4, -0.2) is 15.0 Å². The molecule has 0 amide bonds. The molecule has 3 heterocycles. The summed E-state index contributed by atoms with van der Waals surface area (Å²) in [5, 5.41) is 0.831. The molecule has 3 aromatic heterocycles. The van der Waals surface area contributed by atoms with Crippen LogP contribution in [0.1, 0.15) is 0 Å². The van der Waals surface area contributed by atoms with Gasteiger partial charge in [0, 0.05) is 35.1 Å². The summed E-state index contributed by atoms with van der Waals surface area (Å²) in [5.41, 5.74) is 7.80. The van der Waals surface area contributed by atoms with E-state index in [1.165, 1.54) is 6.07 Å². The number of hydrogen-bond donors (Lipinski definition) is 1. The third-order valence-electron chi connectivity index (χ3n) is 2.69. The summed E-state index contributed by atoms with van der Waals surface area (Å²) < 4.78 is 13.2. The van der Waals surface area contributed by atoms with Crippen LogP contribution in [0.5, 0.6) is 0 Å². The van der Waals surface area contributed by atoms with Crippen LogP contribution < -0.4 is 5.73 Å². The summed E-state index contributed by atoms with van der Waals surface area (Å²) in [7, 11) is 0. The van der Waals surface area contributed by atoms with Crippen molar-refractivity contribution >= 4 is 16.7 Å². The third-order valence-corrected chi connectivity index (χ3v) is 2.69. The lowest BCUT2D eigenvalue weighted by molar-refractivity contribution is 0.622. The third kappa shape index (κ3) is 1.66. The standard InChI is InChI=1S/C13H9FN4/c14-9-4-8(5-16-6-9)11-7-18-13(15)12-10(11)2-1-3-17-12/h1-7H,(H2,15,18). The van der Waals surface area contributed by atoms with Crippen LogP contribution >= 0.6 is 0 Å². The highest BCUT2D eigenvalue weighted by molar-refractivity contribution is 5.98. The van der Waals surface area contributed by atoms with Gasteiger partial charge < -0.3 is 5.73 Å². The van der Waals surface area contributed by atoms with Gasteiger partial charge in [0.05, 0.1) is 6.20 Å². The zero-order valence-corrected chi connectivity index (χ0v) is 9.34. The molecule has 0 fully saturated rings. The van der Waals surface area contributed by atoms with E-state index >= 15 is 0 Å². The number of nitrogens with two attached hydrogens (primary N) is 1. The Bertz CT molecular complexity index is 727. The number of hydrogen-bond acceptors (Lipinski definition) is 4. The van der Waals surface area contributed by atoms with Crippen LogP contribution in [0, 0.1) is 5.82 Å². The summed E-state index contributed by atoms with van der Waals surface area (Å²) in [6.07, 6.45) is 6.00. The smallest absolute Gasteiger partial charge is 0.149 e. The summed E-state index contributed by atoms with van der Waals surface area (Å²) in [6, 6.07) is 5.09. The average molecular weight is 240 g/mol. The molecule has 0 aliphatic carbocycles. The minimum absolute atomic E-state index is 0.360. The van der Waals surface area contributed by atoms with Crippen molar-refractivity contribution in [3.8, 4) is 11.1 Å². The van der Waals surface area contributed by atoms with E-state index in [-0.39, 0.29) is 5.82 Å². The molecule has 0 unspecified atom stereocenters. The van der Waals surface area contributed by atoms with Crippen molar-refractivity contribution in [3.05, 3.63) is 48.8 Å². The van der Waals surface area contributed by atoms with Crippen molar-refractivity contribution in [2.75, 3.05) is 5.73 Å². The molecule has 4 nitrogen and oxygen atoms in total. The maximum atomic E-state index is 13.2. The lowest BCUT2D eigenvalue weighted by Crippen LogP contribution is -1.95. The molecule has 0 aliphatic rings. The molecule has 0 atom stereocenters. The molecule has 3 aromatic rings. The van der Waals surface area contributed by atoms with Crippen LogP contribution in [0.25, 0.3) is 22.0 Å². The van der Waals surface area contributed by atoms with Crippen molar-refractivity contribution in [1.82, 2.24) is 15.0 Å². The number of nitrogen functional groups attached to an aromatic ring is 1. The second kappa shape index (κ2) is 4.03. The molecule has 0 spiro atoms. The minimum atomic E-state index is -0.388. The van der Waals surface area contributed by atoms with Crippen LogP contribution in [0.2, 0.25) is 0 Å². The van der Waals surface area contributed by atoms with E-state index in [4.69, 9.17) is 5.73 Å². The van der Waals surface area contributed by atoms with Crippen LogP contribution in [0.3, 0.4) is 0 Å². The van der Waals surface area contributed by atoms with E-state index < -0.39 is 0 Å². The minimum Gasteiger partial charge on any atom is -0.382 e. The van der Waals surface area contributed by atoms with Gasteiger partial charge in [0.15, 0.2) is 0 Å². The number of nitrogens with zero attached hydrogens (tertiary/aromatic N) is 3. The molecular formula is C13H9FN4. The molecule has 0 radical (unpaired) electrons. The van der Waals surface area contributed by atoms with Gasteiger partial charge in [0.2, 0.25) is 0 Å². The molecule has 0 aromatic carbocycles. The van der Waals surface area contributed by atoms with Gasteiger partial charge in [-0.2, -0.15) is 0 Å². The topological polar surface area (TPSA) is 64.7 Å². The van der Waals surface area contributed by atoms with Gasteiger partial charge in [0.1, 0.15) is 17.2 Å². The van der Waals surface area contributed by atoms with Gasteiger partial charge in [-0.1, -0.05) is 6.07 Å². The van der Waals surface area contributed by atoms with E-state index in [0.29, 0.717) is 16.9 Å². The Balaban J connectivity index is 2.33. The first-order valence-electron chi connectivity index (χ1n) is 5.36. The van der Waals surface area contributed by atoms with E-state index in [1.807, 2.05) is 6.07 Å². The number of anilines is 1. The summed E-state index contributed by atoms with van der Waals surface area (Å²) in [5.74, 6) is -0.0277. The summed E-state index contributed by atoms with van der Waals surface area (Å²) in [4.78, 5) is 12.1. The number of halogens is 1. The van der Waals surface area contributed by atoms with E-state index in [2.05, 4.69) is 15.0 Å². The van der Waals surface area contributed by atoms with Crippen molar-refractivity contribution in [2.24, 2.45) is 0 Å². The van der Waals surface area contributed by atoms with Crippen molar-refractivity contribution < 1.29 is 4.39 Å². The Kier molecular flexibility index (Phi) is 2.37. The maximum Gasteiger partial charge on any atom is 0.149 e. The van der Waals surface area contributed by atoms with Gasteiger partial charge in [-0.25, -0.2) is 9.37 Å². The highest BCUT2D eigenvalue weighted by Crippen LogP contribution is 2.28. The largest absolute Gasteiger partial charge is 0.382 e. The van der Waals surface area contributed by atoms with Gasteiger partial charge in [0.25, 0.3) is 0 Å². The molecule has 0 aliphatic heterocycles. The lowest BCUT2D eigenvalue weighted by Gasteiger charge is -2.07. The van der Waals surface area contributed by atoms with Gasteiger partial charge in [-0.15, -0.1) is 0 Å². The Labute approximate surface area is 102 Å².